The second-order valence-corrected chi connectivity index (χ2v) is 4.87. The van der Waals surface area contributed by atoms with Crippen LogP contribution in [0, 0.1) is 17.0 Å². The van der Waals surface area contributed by atoms with Gasteiger partial charge in [0.1, 0.15) is 5.69 Å². The highest BCUT2D eigenvalue weighted by molar-refractivity contribution is 6.28. The molecule has 0 spiro atoms. The van der Waals surface area contributed by atoms with Crippen molar-refractivity contribution >= 4 is 23.1 Å². The number of hydrogen-bond acceptors (Lipinski definition) is 6. The fraction of sp³-hybridized carbons (Fsp3) is 0.308. The molecule has 0 atom stereocenters. The van der Waals surface area contributed by atoms with E-state index in [9.17, 15) is 10.1 Å². The van der Waals surface area contributed by atoms with E-state index in [1.54, 1.807) is 31.3 Å². The number of aryl methyl sites for hydroxylation is 1. The van der Waals surface area contributed by atoms with Gasteiger partial charge < -0.3 is 4.90 Å². The van der Waals surface area contributed by atoms with Crippen molar-refractivity contribution in [2.75, 3.05) is 18.5 Å². The van der Waals surface area contributed by atoms with Gasteiger partial charge in [0.15, 0.2) is 0 Å². The van der Waals surface area contributed by atoms with E-state index in [2.05, 4.69) is 15.0 Å². The van der Waals surface area contributed by atoms with Crippen LogP contribution in [0.5, 0.6) is 0 Å². The van der Waals surface area contributed by atoms with Gasteiger partial charge in [0.2, 0.25) is 11.1 Å². The Kier molecular flexibility index (Phi) is 4.64. The Balaban J connectivity index is 2.22. The van der Waals surface area contributed by atoms with Crippen molar-refractivity contribution in [3.8, 4) is 0 Å². The molecule has 0 aliphatic rings. The van der Waals surface area contributed by atoms with Crippen molar-refractivity contribution in [1.29, 1.82) is 0 Å². The van der Waals surface area contributed by atoms with Crippen LogP contribution < -0.4 is 4.90 Å². The second-order valence-electron chi connectivity index (χ2n) is 4.53. The Morgan fingerprint density at radius 1 is 1.33 bits per heavy atom. The highest BCUT2D eigenvalue weighted by Crippen LogP contribution is 2.29. The van der Waals surface area contributed by atoms with Crippen LogP contribution in [0.25, 0.3) is 0 Å². The van der Waals surface area contributed by atoms with E-state index in [0.717, 1.165) is 12.0 Å². The topological polar surface area (TPSA) is 85.0 Å². The van der Waals surface area contributed by atoms with E-state index >= 15 is 0 Å². The van der Waals surface area contributed by atoms with Gasteiger partial charge in [-0.2, -0.15) is 4.98 Å². The molecule has 2 aromatic rings. The molecular weight excluding hydrogens is 294 g/mol. The predicted octanol–water partition coefficient (Wildman–Crippen LogP) is 2.42. The lowest BCUT2D eigenvalue weighted by Gasteiger charge is -2.18. The van der Waals surface area contributed by atoms with Crippen LogP contribution in [0.3, 0.4) is 0 Å². The van der Waals surface area contributed by atoms with Crippen LogP contribution in [-0.2, 0) is 6.42 Å². The molecule has 0 bridgehead atoms. The summed E-state index contributed by atoms with van der Waals surface area (Å²) in [5, 5.41) is 11.2. The average molecular weight is 308 g/mol. The highest BCUT2D eigenvalue weighted by atomic mass is 35.5. The Morgan fingerprint density at radius 2 is 2.00 bits per heavy atom. The lowest BCUT2D eigenvalue weighted by molar-refractivity contribution is -0.385. The standard InChI is InChI=1S/C13H14ClN5O2/c1-9-11(19(20)21)12(17-13(14)16-9)18(2)8-5-10-3-6-15-7-4-10/h3-4,6-7H,5,8H2,1-2H3. The van der Waals surface area contributed by atoms with E-state index in [4.69, 9.17) is 11.6 Å². The third-order valence-electron chi connectivity index (χ3n) is 3.04. The first-order chi connectivity index (χ1) is 9.99. The minimum atomic E-state index is -0.482. The number of likely N-dealkylation sites (N-methyl/N-ethyl adjacent to an activating group) is 1. The number of hydrogen-bond donors (Lipinski definition) is 0. The fourth-order valence-electron chi connectivity index (χ4n) is 1.95. The Morgan fingerprint density at radius 3 is 2.62 bits per heavy atom. The van der Waals surface area contributed by atoms with Crippen molar-refractivity contribution in [1.82, 2.24) is 15.0 Å². The molecule has 0 aliphatic heterocycles. The smallest absolute Gasteiger partial charge is 0.332 e. The maximum Gasteiger partial charge on any atom is 0.332 e. The molecule has 0 saturated heterocycles. The molecule has 0 unspecified atom stereocenters. The minimum Gasteiger partial charge on any atom is -0.353 e. The van der Waals surface area contributed by atoms with Crippen molar-refractivity contribution in [3.63, 3.8) is 0 Å². The van der Waals surface area contributed by atoms with E-state index in [-0.39, 0.29) is 22.5 Å². The van der Waals surface area contributed by atoms with Crippen molar-refractivity contribution < 1.29 is 4.92 Å². The van der Waals surface area contributed by atoms with Crippen LogP contribution in [-0.4, -0.2) is 33.5 Å². The third kappa shape index (κ3) is 3.63. The summed E-state index contributed by atoms with van der Waals surface area (Å²) in [7, 11) is 1.74. The first-order valence-corrected chi connectivity index (χ1v) is 6.65. The van der Waals surface area contributed by atoms with Crippen LogP contribution in [0.1, 0.15) is 11.3 Å². The third-order valence-corrected chi connectivity index (χ3v) is 3.21. The molecule has 0 radical (unpaired) electrons. The van der Waals surface area contributed by atoms with Crippen LogP contribution in [0.2, 0.25) is 5.28 Å². The van der Waals surface area contributed by atoms with Gasteiger partial charge in [-0.05, 0) is 42.6 Å². The number of nitrogens with zero attached hydrogens (tertiary/aromatic N) is 5. The monoisotopic (exact) mass is 307 g/mol. The number of rotatable bonds is 5. The van der Waals surface area contributed by atoms with Gasteiger partial charge in [0.25, 0.3) is 0 Å². The van der Waals surface area contributed by atoms with Crippen LogP contribution in [0.4, 0.5) is 11.5 Å². The second kappa shape index (κ2) is 6.45. The van der Waals surface area contributed by atoms with Crippen molar-refractivity contribution in [2.24, 2.45) is 0 Å². The summed E-state index contributed by atoms with van der Waals surface area (Å²) in [5.74, 6) is 0.228. The molecule has 2 heterocycles. The van der Waals surface area contributed by atoms with Gasteiger partial charge in [-0.25, -0.2) is 4.98 Å². The lowest BCUT2D eigenvalue weighted by atomic mass is 10.2. The van der Waals surface area contributed by atoms with E-state index < -0.39 is 4.92 Å². The molecule has 21 heavy (non-hydrogen) atoms. The number of anilines is 1. The molecule has 2 aromatic heterocycles. The largest absolute Gasteiger partial charge is 0.353 e. The molecule has 0 amide bonds. The summed E-state index contributed by atoms with van der Waals surface area (Å²) >= 11 is 5.81. The van der Waals surface area contributed by atoms with E-state index in [1.807, 2.05) is 12.1 Å². The Hall–Kier alpha value is -2.28. The molecular formula is C13H14ClN5O2. The highest BCUT2D eigenvalue weighted by Gasteiger charge is 2.24. The van der Waals surface area contributed by atoms with Gasteiger partial charge in [0.05, 0.1) is 4.92 Å². The maximum absolute atomic E-state index is 11.2. The zero-order valence-corrected chi connectivity index (χ0v) is 12.4. The van der Waals surface area contributed by atoms with E-state index in [0.29, 0.717) is 6.54 Å². The van der Waals surface area contributed by atoms with Crippen LogP contribution in [0.15, 0.2) is 24.5 Å². The molecule has 110 valence electrons. The van der Waals surface area contributed by atoms with Crippen LogP contribution >= 0.6 is 11.6 Å². The first-order valence-electron chi connectivity index (χ1n) is 6.27. The molecule has 0 aliphatic carbocycles. The van der Waals surface area contributed by atoms with Crippen molar-refractivity contribution in [3.05, 3.63) is 51.2 Å². The lowest BCUT2D eigenvalue weighted by Crippen LogP contribution is -2.23. The van der Waals surface area contributed by atoms with Gasteiger partial charge in [-0.3, -0.25) is 15.1 Å². The van der Waals surface area contributed by atoms with E-state index in [1.165, 1.54) is 0 Å². The fourth-order valence-corrected chi connectivity index (χ4v) is 2.16. The zero-order valence-electron chi connectivity index (χ0n) is 11.7. The molecule has 7 nitrogen and oxygen atoms in total. The molecule has 0 N–H and O–H groups in total. The first kappa shape index (κ1) is 15.1. The van der Waals surface area contributed by atoms with Gasteiger partial charge in [0, 0.05) is 26.0 Å². The average Bonchev–Trinajstić information content (AvgIpc) is 2.44. The normalized spacial score (nSPS) is 10.4. The van der Waals surface area contributed by atoms with Gasteiger partial charge >= 0.3 is 5.69 Å². The number of pyridine rings is 1. The molecule has 0 saturated carbocycles. The SMILES string of the molecule is Cc1nc(Cl)nc(N(C)CCc2ccncc2)c1[N+](=O)[O-]. The summed E-state index contributed by atoms with van der Waals surface area (Å²) in [4.78, 5) is 24.2. The predicted molar refractivity (Wildman–Crippen MR) is 79.6 cm³/mol. The Labute approximate surface area is 126 Å². The summed E-state index contributed by atoms with van der Waals surface area (Å²) in [5.41, 5.74) is 1.23. The number of nitro groups is 1. The zero-order chi connectivity index (χ0) is 15.4. The summed E-state index contributed by atoms with van der Waals surface area (Å²) < 4.78 is 0. The number of aromatic nitrogens is 3. The quantitative estimate of drug-likeness (QED) is 0.479. The molecule has 0 fully saturated rings. The summed E-state index contributed by atoms with van der Waals surface area (Å²) in [6.07, 6.45) is 4.14. The van der Waals surface area contributed by atoms with Gasteiger partial charge in [-0.1, -0.05) is 0 Å². The maximum atomic E-state index is 11.2. The minimum absolute atomic E-state index is 0.00358. The molecule has 8 heteroatoms. The molecule has 2 rings (SSSR count). The molecule has 0 aromatic carbocycles. The summed E-state index contributed by atoms with van der Waals surface area (Å²) in [6, 6.07) is 3.81. The summed E-state index contributed by atoms with van der Waals surface area (Å²) in [6.45, 7) is 2.11. The van der Waals surface area contributed by atoms with Crippen molar-refractivity contribution in [2.45, 2.75) is 13.3 Å². The Bertz CT molecular complexity index is 651. The van der Waals surface area contributed by atoms with Gasteiger partial charge in [-0.15, -0.1) is 0 Å². The number of halogens is 1.